The Morgan fingerprint density at radius 3 is 3.13 bits per heavy atom. The van der Waals surface area contributed by atoms with Gasteiger partial charge in [-0.05, 0) is 49.2 Å². The van der Waals surface area contributed by atoms with Crippen LogP contribution in [0.15, 0.2) is 27.9 Å². The summed E-state index contributed by atoms with van der Waals surface area (Å²) in [6.07, 6.45) is 10.2. The highest BCUT2D eigenvalue weighted by molar-refractivity contribution is 6.19. The average molecular weight is 224 g/mol. The predicted octanol–water partition coefficient (Wildman–Crippen LogP) is 4.09. The number of aliphatic imine (C=N–C) groups is 1. The zero-order valence-corrected chi connectivity index (χ0v) is 10.1. The quantitative estimate of drug-likeness (QED) is 0.594. The van der Waals surface area contributed by atoms with Crippen molar-refractivity contribution in [2.75, 3.05) is 5.88 Å². The van der Waals surface area contributed by atoms with Crippen LogP contribution in [0.2, 0.25) is 0 Å². The Morgan fingerprint density at radius 1 is 1.47 bits per heavy atom. The maximum absolute atomic E-state index is 5.99. The smallest absolute Gasteiger partial charge is 0.0658 e. The van der Waals surface area contributed by atoms with Gasteiger partial charge in [0.15, 0.2) is 0 Å². The van der Waals surface area contributed by atoms with E-state index in [2.05, 4.69) is 18.0 Å². The van der Waals surface area contributed by atoms with Crippen LogP contribution in [-0.4, -0.2) is 12.1 Å². The van der Waals surface area contributed by atoms with Gasteiger partial charge in [0.1, 0.15) is 0 Å². The molecular weight excluding hydrogens is 206 g/mol. The Bertz CT molecular complexity index is 325. The number of allylic oxidation sites excluding steroid dienone is 3. The third kappa shape index (κ3) is 2.52. The topological polar surface area (TPSA) is 12.4 Å². The molecule has 0 N–H and O–H groups in total. The van der Waals surface area contributed by atoms with Gasteiger partial charge >= 0.3 is 0 Å². The summed E-state index contributed by atoms with van der Waals surface area (Å²) in [6, 6.07) is 0. The molecule has 0 saturated heterocycles. The molecule has 0 amide bonds. The number of hydrogen-bond acceptors (Lipinski definition) is 1. The number of hydrogen-bond donors (Lipinski definition) is 0. The van der Waals surface area contributed by atoms with E-state index in [1.54, 1.807) is 0 Å². The van der Waals surface area contributed by atoms with Crippen LogP contribution in [0.25, 0.3) is 0 Å². The van der Waals surface area contributed by atoms with Crippen molar-refractivity contribution in [2.24, 2.45) is 10.9 Å². The highest BCUT2D eigenvalue weighted by Crippen LogP contribution is 2.32. The van der Waals surface area contributed by atoms with Gasteiger partial charge in [0.2, 0.25) is 0 Å². The summed E-state index contributed by atoms with van der Waals surface area (Å²) in [5.41, 5.74) is 3.97. The second kappa shape index (κ2) is 4.98. The SMILES string of the molecule is CC1CCC=C(CCl)C2=C(CCC=N2)C1. The van der Waals surface area contributed by atoms with Gasteiger partial charge in [-0.2, -0.15) is 0 Å². The van der Waals surface area contributed by atoms with Gasteiger partial charge in [-0.1, -0.05) is 13.0 Å². The highest BCUT2D eigenvalue weighted by atomic mass is 35.5. The van der Waals surface area contributed by atoms with Crippen LogP contribution in [0, 0.1) is 5.92 Å². The van der Waals surface area contributed by atoms with Crippen molar-refractivity contribution in [3.63, 3.8) is 0 Å². The molecule has 1 heterocycles. The minimum Gasteiger partial charge on any atom is -0.261 e. The Hall–Kier alpha value is -0.560. The van der Waals surface area contributed by atoms with Crippen LogP contribution < -0.4 is 0 Å². The molecule has 0 fully saturated rings. The third-order valence-electron chi connectivity index (χ3n) is 3.22. The molecule has 1 nitrogen and oxygen atoms in total. The summed E-state index contributed by atoms with van der Waals surface area (Å²) in [7, 11) is 0. The van der Waals surface area contributed by atoms with Crippen LogP contribution >= 0.6 is 11.6 Å². The zero-order chi connectivity index (χ0) is 10.7. The van der Waals surface area contributed by atoms with Crippen molar-refractivity contribution in [1.29, 1.82) is 0 Å². The van der Waals surface area contributed by atoms with E-state index in [-0.39, 0.29) is 0 Å². The minimum atomic E-state index is 0.602. The normalized spacial score (nSPS) is 26.8. The van der Waals surface area contributed by atoms with Crippen LogP contribution in [0.5, 0.6) is 0 Å². The molecule has 0 bridgehead atoms. The fourth-order valence-corrected chi connectivity index (χ4v) is 2.63. The van der Waals surface area contributed by atoms with Crippen molar-refractivity contribution in [2.45, 2.75) is 39.0 Å². The second-order valence-electron chi connectivity index (χ2n) is 4.55. The molecule has 1 atom stereocenters. The number of alkyl halides is 1. The standard InChI is InChI=1S/C13H18ClN/c1-10-4-2-5-12(9-14)13-11(8-10)6-3-7-15-13/h5,7,10H,2-4,6,8-9H2,1H3. The van der Waals surface area contributed by atoms with Crippen LogP contribution in [0.3, 0.4) is 0 Å². The predicted molar refractivity (Wildman–Crippen MR) is 66.6 cm³/mol. The molecule has 0 aromatic rings. The molecule has 15 heavy (non-hydrogen) atoms. The lowest BCUT2D eigenvalue weighted by molar-refractivity contribution is 0.518. The first kappa shape index (κ1) is 10.9. The van der Waals surface area contributed by atoms with Gasteiger partial charge < -0.3 is 0 Å². The van der Waals surface area contributed by atoms with Gasteiger partial charge in [-0.3, -0.25) is 4.99 Å². The van der Waals surface area contributed by atoms with E-state index in [4.69, 9.17) is 11.6 Å². The molecule has 0 spiro atoms. The zero-order valence-electron chi connectivity index (χ0n) is 9.30. The third-order valence-corrected chi connectivity index (χ3v) is 3.51. The molecule has 1 aliphatic carbocycles. The van der Waals surface area contributed by atoms with E-state index in [1.165, 1.54) is 36.1 Å². The first-order valence-corrected chi connectivity index (χ1v) is 6.34. The highest BCUT2D eigenvalue weighted by Gasteiger charge is 2.17. The monoisotopic (exact) mass is 223 g/mol. The van der Waals surface area contributed by atoms with E-state index in [9.17, 15) is 0 Å². The molecule has 82 valence electrons. The maximum Gasteiger partial charge on any atom is 0.0658 e. The fraction of sp³-hybridized carbons (Fsp3) is 0.615. The summed E-state index contributed by atoms with van der Waals surface area (Å²) in [5.74, 6) is 1.39. The molecule has 0 aromatic carbocycles. The molecule has 2 heteroatoms. The van der Waals surface area contributed by atoms with Crippen molar-refractivity contribution < 1.29 is 0 Å². The Morgan fingerprint density at radius 2 is 2.33 bits per heavy atom. The fourth-order valence-electron chi connectivity index (χ4n) is 2.39. The van der Waals surface area contributed by atoms with Crippen molar-refractivity contribution >= 4 is 17.8 Å². The second-order valence-corrected chi connectivity index (χ2v) is 4.82. The van der Waals surface area contributed by atoms with E-state index in [0.717, 1.165) is 18.8 Å². The molecule has 1 unspecified atom stereocenters. The van der Waals surface area contributed by atoms with E-state index in [0.29, 0.717) is 5.88 Å². The van der Waals surface area contributed by atoms with Gasteiger partial charge in [-0.15, -0.1) is 11.6 Å². The molecular formula is C13H18ClN. The number of halogens is 1. The lowest BCUT2D eigenvalue weighted by Gasteiger charge is -2.22. The number of nitrogens with zero attached hydrogens (tertiary/aromatic N) is 1. The van der Waals surface area contributed by atoms with Crippen molar-refractivity contribution in [3.05, 3.63) is 22.9 Å². The average Bonchev–Trinajstić information content (AvgIpc) is 2.23. The molecule has 1 aliphatic heterocycles. The summed E-state index contributed by atoms with van der Waals surface area (Å²) in [6.45, 7) is 2.34. The molecule has 0 radical (unpaired) electrons. The summed E-state index contributed by atoms with van der Waals surface area (Å²) >= 11 is 5.99. The maximum atomic E-state index is 5.99. The summed E-state index contributed by atoms with van der Waals surface area (Å²) < 4.78 is 0. The number of rotatable bonds is 1. The first-order valence-electron chi connectivity index (χ1n) is 5.81. The van der Waals surface area contributed by atoms with E-state index >= 15 is 0 Å². The Kier molecular flexibility index (Phi) is 3.63. The molecule has 2 aliphatic rings. The van der Waals surface area contributed by atoms with Gasteiger partial charge in [-0.25, -0.2) is 0 Å². The van der Waals surface area contributed by atoms with Crippen LogP contribution in [-0.2, 0) is 0 Å². The Labute approximate surface area is 96.9 Å². The van der Waals surface area contributed by atoms with Crippen molar-refractivity contribution in [3.8, 4) is 0 Å². The molecule has 2 rings (SSSR count). The van der Waals surface area contributed by atoms with E-state index < -0.39 is 0 Å². The van der Waals surface area contributed by atoms with Crippen molar-refractivity contribution in [1.82, 2.24) is 0 Å². The first-order chi connectivity index (χ1) is 7.31. The van der Waals surface area contributed by atoms with Crippen LogP contribution in [0.1, 0.15) is 39.0 Å². The van der Waals surface area contributed by atoms with E-state index in [1.807, 2.05) is 6.21 Å². The van der Waals surface area contributed by atoms with Gasteiger partial charge in [0, 0.05) is 12.1 Å². The largest absolute Gasteiger partial charge is 0.261 e. The van der Waals surface area contributed by atoms with Crippen LogP contribution in [0.4, 0.5) is 0 Å². The summed E-state index contributed by atoms with van der Waals surface area (Å²) in [5, 5.41) is 0. The lowest BCUT2D eigenvalue weighted by Crippen LogP contribution is -2.08. The lowest BCUT2D eigenvalue weighted by atomic mass is 9.87. The summed E-state index contributed by atoms with van der Waals surface area (Å²) in [4.78, 5) is 4.54. The van der Waals surface area contributed by atoms with Gasteiger partial charge in [0.05, 0.1) is 5.70 Å². The molecule has 0 aromatic heterocycles. The Balaban J connectivity index is 2.33. The minimum absolute atomic E-state index is 0.602. The molecule has 0 saturated carbocycles. The van der Waals surface area contributed by atoms with Gasteiger partial charge in [0.25, 0.3) is 0 Å².